The van der Waals surface area contributed by atoms with Gasteiger partial charge < -0.3 is 10.1 Å². The van der Waals surface area contributed by atoms with Crippen LogP contribution >= 0.6 is 0 Å². The van der Waals surface area contributed by atoms with Gasteiger partial charge in [0.15, 0.2) is 0 Å². The van der Waals surface area contributed by atoms with Crippen LogP contribution in [0.15, 0.2) is 73.1 Å². The molecule has 0 aliphatic heterocycles. The summed E-state index contributed by atoms with van der Waals surface area (Å²) in [5, 5.41) is 2.97. The van der Waals surface area contributed by atoms with E-state index in [1.807, 2.05) is 36.5 Å². The molecule has 2 aromatic heterocycles. The Morgan fingerprint density at radius 1 is 1.04 bits per heavy atom. The van der Waals surface area contributed by atoms with Gasteiger partial charge in [0.2, 0.25) is 5.78 Å². The minimum Gasteiger partial charge on any atom is -0.497 e. The smallest absolute Gasteiger partial charge is 0.256 e. The Balaban J connectivity index is 1.76. The van der Waals surface area contributed by atoms with Crippen LogP contribution in [-0.4, -0.2) is 27.4 Å². The first-order chi connectivity index (χ1) is 12.8. The van der Waals surface area contributed by atoms with Crippen LogP contribution in [0.5, 0.6) is 5.75 Å². The predicted octanol–water partition coefficient (Wildman–Crippen LogP) is 3.66. The number of imidazole rings is 1. The summed E-state index contributed by atoms with van der Waals surface area (Å²) >= 11 is 0. The highest BCUT2D eigenvalue weighted by atomic mass is 16.5. The zero-order chi connectivity index (χ0) is 17.9. The Kier molecular flexibility index (Phi) is 4.07. The molecule has 6 heteroatoms. The Bertz CT molecular complexity index is 1060. The summed E-state index contributed by atoms with van der Waals surface area (Å²) in [6.07, 6.45) is 3.50. The first-order valence-electron chi connectivity index (χ1n) is 8.10. The molecule has 0 spiro atoms. The summed E-state index contributed by atoms with van der Waals surface area (Å²) in [4.78, 5) is 21.6. The third-order valence-electron chi connectivity index (χ3n) is 4.04. The average Bonchev–Trinajstić information content (AvgIpc) is 3.07. The van der Waals surface area contributed by atoms with Crippen molar-refractivity contribution in [3.05, 3.63) is 78.6 Å². The van der Waals surface area contributed by atoms with Crippen LogP contribution in [0, 0.1) is 0 Å². The number of methoxy groups -OCH3 is 1. The minimum absolute atomic E-state index is 0.226. The normalized spacial score (nSPS) is 10.7. The van der Waals surface area contributed by atoms with Gasteiger partial charge in [-0.1, -0.05) is 30.3 Å². The molecule has 0 radical (unpaired) electrons. The maximum Gasteiger partial charge on any atom is 0.256 e. The number of carbonyl (C=O) groups is 1. The molecule has 4 rings (SSSR count). The first kappa shape index (κ1) is 15.8. The number of carbonyl (C=O) groups excluding carboxylic acids is 1. The molecule has 6 nitrogen and oxygen atoms in total. The summed E-state index contributed by atoms with van der Waals surface area (Å²) < 4.78 is 6.90. The molecule has 26 heavy (non-hydrogen) atoms. The van der Waals surface area contributed by atoms with E-state index in [9.17, 15) is 4.79 Å². The quantitative estimate of drug-likeness (QED) is 0.613. The zero-order valence-corrected chi connectivity index (χ0v) is 14.1. The van der Waals surface area contributed by atoms with E-state index in [2.05, 4.69) is 15.3 Å². The van der Waals surface area contributed by atoms with Crippen LogP contribution in [0.25, 0.3) is 17.0 Å². The van der Waals surface area contributed by atoms with Crippen LogP contribution in [-0.2, 0) is 0 Å². The van der Waals surface area contributed by atoms with Crippen LogP contribution in [0.3, 0.4) is 0 Å². The Morgan fingerprint density at radius 3 is 2.54 bits per heavy atom. The maximum absolute atomic E-state index is 12.7. The number of rotatable bonds is 4. The highest BCUT2D eigenvalue weighted by Gasteiger charge is 2.17. The summed E-state index contributed by atoms with van der Waals surface area (Å²) in [6.45, 7) is 0. The number of nitrogens with one attached hydrogen (secondary N) is 1. The topological polar surface area (TPSA) is 68.5 Å². The standard InChI is InChI=1S/C20H16N4O2/c1-26-16-10-8-15(9-11-16)19(25)23-18-17(14-6-3-2-4-7-14)22-20-21-12-5-13-24(18)20/h2-13H,1H3,(H,23,25). The molecule has 1 N–H and O–H groups in total. The van der Waals surface area contributed by atoms with Crippen molar-refractivity contribution in [3.8, 4) is 17.0 Å². The number of hydrogen-bond acceptors (Lipinski definition) is 4. The molecule has 0 saturated carbocycles. The van der Waals surface area contributed by atoms with Gasteiger partial charge in [-0.15, -0.1) is 0 Å². The molecular weight excluding hydrogens is 328 g/mol. The molecular formula is C20H16N4O2. The van der Waals surface area contributed by atoms with E-state index in [1.165, 1.54) is 0 Å². The van der Waals surface area contributed by atoms with Gasteiger partial charge in [-0.2, -0.15) is 0 Å². The summed E-state index contributed by atoms with van der Waals surface area (Å²) in [5.74, 6) is 1.58. The monoisotopic (exact) mass is 344 g/mol. The van der Waals surface area contributed by atoms with Crippen LogP contribution in [0.2, 0.25) is 0 Å². The number of aromatic nitrogens is 3. The maximum atomic E-state index is 12.7. The Morgan fingerprint density at radius 2 is 1.81 bits per heavy atom. The highest BCUT2D eigenvalue weighted by molar-refractivity contribution is 6.05. The van der Waals surface area contributed by atoms with Gasteiger partial charge >= 0.3 is 0 Å². The van der Waals surface area contributed by atoms with Crippen molar-refractivity contribution < 1.29 is 9.53 Å². The largest absolute Gasteiger partial charge is 0.497 e. The lowest BCUT2D eigenvalue weighted by Gasteiger charge is -2.08. The molecule has 0 fully saturated rings. The van der Waals surface area contributed by atoms with E-state index in [-0.39, 0.29) is 5.91 Å². The van der Waals surface area contributed by atoms with Gasteiger partial charge in [0.1, 0.15) is 17.3 Å². The van der Waals surface area contributed by atoms with E-state index >= 15 is 0 Å². The molecule has 0 saturated heterocycles. The van der Waals surface area contributed by atoms with Gasteiger partial charge in [-0.25, -0.2) is 9.97 Å². The summed E-state index contributed by atoms with van der Waals surface area (Å²) in [6, 6.07) is 18.4. The Labute approximate surface area is 150 Å². The molecule has 128 valence electrons. The molecule has 0 atom stereocenters. The van der Waals surface area contributed by atoms with Gasteiger partial charge in [-0.3, -0.25) is 9.20 Å². The summed E-state index contributed by atoms with van der Waals surface area (Å²) in [7, 11) is 1.59. The lowest BCUT2D eigenvalue weighted by atomic mass is 10.1. The van der Waals surface area contributed by atoms with E-state index in [0.717, 1.165) is 5.56 Å². The molecule has 2 aromatic carbocycles. The van der Waals surface area contributed by atoms with Crippen molar-refractivity contribution in [2.45, 2.75) is 0 Å². The molecule has 2 heterocycles. The first-order valence-corrected chi connectivity index (χ1v) is 8.10. The fraction of sp³-hybridized carbons (Fsp3) is 0.0500. The number of ether oxygens (including phenoxy) is 1. The lowest BCUT2D eigenvalue weighted by molar-refractivity contribution is 0.102. The molecule has 0 unspecified atom stereocenters. The summed E-state index contributed by atoms with van der Waals surface area (Å²) in [5.41, 5.74) is 2.11. The van der Waals surface area contributed by atoms with Crippen LogP contribution < -0.4 is 10.1 Å². The predicted molar refractivity (Wildman–Crippen MR) is 99.4 cm³/mol. The van der Waals surface area contributed by atoms with E-state index in [1.54, 1.807) is 48.0 Å². The van der Waals surface area contributed by atoms with E-state index in [4.69, 9.17) is 4.74 Å². The zero-order valence-electron chi connectivity index (χ0n) is 14.1. The van der Waals surface area contributed by atoms with Crippen LogP contribution in [0.4, 0.5) is 5.82 Å². The number of amides is 1. The third kappa shape index (κ3) is 2.88. The van der Waals surface area contributed by atoms with Gasteiger partial charge in [0.25, 0.3) is 5.91 Å². The number of hydrogen-bond donors (Lipinski definition) is 1. The van der Waals surface area contributed by atoms with Crippen molar-refractivity contribution in [2.75, 3.05) is 12.4 Å². The van der Waals surface area contributed by atoms with Crippen molar-refractivity contribution in [3.63, 3.8) is 0 Å². The fourth-order valence-electron chi connectivity index (χ4n) is 2.73. The van der Waals surface area contributed by atoms with Gasteiger partial charge in [0.05, 0.1) is 7.11 Å². The molecule has 0 aliphatic carbocycles. The second kappa shape index (κ2) is 6.68. The van der Waals surface area contributed by atoms with Crippen LogP contribution in [0.1, 0.15) is 10.4 Å². The molecule has 1 amide bonds. The lowest BCUT2D eigenvalue weighted by Crippen LogP contribution is -2.14. The van der Waals surface area contributed by atoms with Crippen molar-refractivity contribution in [2.24, 2.45) is 0 Å². The minimum atomic E-state index is -0.226. The third-order valence-corrected chi connectivity index (χ3v) is 4.04. The van der Waals surface area contributed by atoms with Crippen molar-refractivity contribution in [1.82, 2.24) is 14.4 Å². The fourth-order valence-corrected chi connectivity index (χ4v) is 2.73. The molecule has 0 bridgehead atoms. The number of fused-ring (bicyclic) bond motifs is 1. The average molecular weight is 344 g/mol. The van der Waals surface area contributed by atoms with E-state index < -0.39 is 0 Å². The second-order valence-corrected chi connectivity index (χ2v) is 5.65. The van der Waals surface area contributed by atoms with Crippen molar-refractivity contribution >= 4 is 17.5 Å². The highest BCUT2D eigenvalue weighted by Crippen LogP contribution is 2.28. The number of benzene rings is 2. The molecule has 0 aliphatic rings. The molecule has 4 aromatic rings. The SMILES string of the molecule is COc1ccc(C(=O)Nc2c(-c3ccccc3)nc3ncccn23)cc1. The number of nitrogens with zero attached hydrogens (tertiary/aromatic N) is 3. The van der Waals surface area contributed by atoms with Crippen molar-refractivity contribution in [1.29, 1.82) is 0 Å². The van der Waals surface area contributed by atoms with E-state index in [0.29, 0.717) is 28.6 Å². The Hall–Kier alpha value is -3.67. The number of anilines is 1. The van der Waals surface area contributed by atoms with Gasteiger partial charge in [0, 0.05) is 23.5 Å². The van der Waals surface area contributed by atoms with Gasteiger partial charge in [-0.05, 0) is 30.3 Å². The second-order valence-electron chi connectivity index (χ2n) is 5.65.